The number of nitrogens with one attached hydrogen (secondary N) is 1. The third-order valence-corrected chi connectivity index (χ3v) is 4.45. The van der Waals surface area contributed by atoms with Crippen LogP contribution in [0.4, 0.5) is 0 Å². The second-order valence-electron chi connectivity index (χ2n) is 5.02. The van der Waals surface area contributed by atoms with E-state index in [9.17, 15) is 13.8 Å². The lowest BCUT2D eigenvalue weighted by Gasteiger charge is -2.12. The van der Waals surface area contributed by atoms with Gasteiger partial charge >= 0.3 is 5.97 Å². The second kappa shape index (κ2) is 11.9. The molecule has 0 fully saturated rings. The summed E-state index contributed by atoms with van der Waals surface area (Å²) in [4.78, 5) is 21.8. The first kappa shape index (κ1) is 19.1. The maximum atomic E-state index is 11.8. The van der Waals surface area contributed by atoms with Crippen LogP contribution in [0.2, 0.25) is 0 Å². The number of rotatable bonds is 12. The van der Waals surface area contributed by atoms with Crippen molar-refractivity contribution in [2.24, 2.45) is 0 Å². The maximum Gasteiger partial charge on any atom is 0.327 e. The van der Waals surface area contributed by atoms with Crippen LogP contribution >= 0.6 is 0 Å². The van der Waals surface area contributed by atoms with Crippen molar-refractivity contribution < 1.29 is 18.9 Å². The monoisotopic (exact) mass is 305 g/mol. The fourth-order valence-electron chi connectivity index (χ4n) is 1.91. The third-order valence-electron chi connectivity index (χ3n) is 3.00. The molecule has 0 rings (SSSR count). The summed E-state index contributed by atoms with van der Waals surface area (Å²) in [5.41, 5.74) is 0. The zero-order valence-electron chi connectivity index (χ0n) is 12.5. The Balaban J connectivity index is 3.75. The van der Waals surface area contributed by atoms with E-state index in [1.54, 1.807) is 0 Å². The lowest BCUT2D eigenvalue weighted by atomic mass is 10.1. The number of carbonyl (C=O) groups excluding carboxylic acids is 1. The van der Waals surface area contributed by atoms with Crippen molar-refractivity contribution in [3.63, 3.8) is 0 Å². The zero-order chi connectivity index (χ0) is 15.4. The van der Waals surface area contributed by atoms with Gasteiger partial charge in [0.15, 0.2) is 0 Å². The number of unbranched alkanes of at least 4 members (excludes halogenated alkanes) is 6. The average molecular weight is 305 g/mol. The fourth-order valence-corrected chi connectivity index (χ4v) is 3.20. The highest BCUT2D eigenvalue weighted by molar-refractivity contribution is 7.85. The molecule has 0 aromatic heterocycles. The van der Waals surface area contributed by atoms with Crippen LogP contribution in [0.1, 0.15) is 58.8 Å². The van der Waals surface area contributed by atoms with Gasteiger partial charge in [0, 0.05) is 23.5 Å². The van der Waals surface area contributed by atoms with Gasteiger partial charge in [-0.05, 0) is 6.42 Å². The summed E-state index contributed by atoms with van der Waals surface area (Å²) in [6.07, 6.45) is 7.99. The van der Waals surface area contributed by atoms with Crippen molar-refractivity contribution in [3.8, 4) is 0 Å². The van der Waals surface area contributed by atoms with E-state index < -0.39 is 28.7 Å². The number of hydrogen-bond acceptors (Lipinski definition) is 3. The van der Waals surface area contributed by atoms with Gasteiger partial charge in [-0.25, -0.2) is 4.79 Å². The Labute approximate surface area is 124 Å². The normalized spacial score (nSPS) is 13.7. The summed E-state index contributed by atoms with van der Waals surface area (Å²) < 4.78 is 11.8. The highest BCUT2D eigenvalue weighted by atomic mass is 32.2. The summed E-state index contributed by atoms with van der Waals surface area (Å²) in [7, 11) is -1.19. The Bertz CT molecular complexity index is 320. The minimum absolute atomic E-state index is 0.00918. The molecule has 0 aliphatic heterocycles. The number of amides is 1. The van der Waals surface area contributed by atoms with Crippen molar-refractivity contribution in [2.45, 2.75) is 64.8 Å². The van der Waals surface area contributed by atoms with Gasteiger partial charge in [0.05, 0.1) is 5.75 Å². The maximum absolute atomic E-state index is 11.8. The number of hydrogen-bond donors (Lipinski definition) is 2. The molecule has 0 spiro atoms. The van der Waals surface area contributed by atoms with Crippen molar-refractivity contribution in [3.05, 3.63) is 0 Å². The molecule has 1 amide bonds. The van der Waals surface area contributed by atoms with Crippen LogP contribution in [0, 0.1) is 0 Å². The molecule has 118 valence electrons. The van der Waals surface area contributed by atoms with Gasteiger partial charge < -0.3 is 10.4 Å². The van der Waals surface area contributed by atoms with Gasteiger partial charge in [0.25, 0.3) is 0 Å². The Hall–Kier alpha value is -0.910. The molecule has 5 nitrogen and oxygen atoms in total. The molecular weight excluding hydrogens is 278 g/mol. The summed E-state index contributed by atoms with van der Waals surface area (Å²) >= 11 is 0. The van der Waals surface area contributed by atoms with E-state index in [0.29, 0.717) is 5.75 Å². The van der Waals surface area contributed by atoms with Crippen LogP contribution < -0.4 is 5.32 Å². The van der Waals surface area contributed by atoms with Crippen LogP contribution in [0.3, 0.4) is 0 Å². The molecule has 2 atom stereocenters. The first-order valence-corrected chi connectivity index (χ1v) is 8.81. The Kier molecular flexibility index (Phi) is 11.3. The lowest BCUT2D eigenvalue weighted by Crippen LogP contribution is -2.43. The molecule has 0 saturated heterocycles. The smallest absolute Gasteiger partial charge is 0.327 e. The van der Waals surface area contributed by atoms with E-state index in [2.05, 4.69) is 12.2 Å². The van der Waals surface area contributed by atoms with Gasteiger partial charge in [0.1, 0.15) is 6.04 Å². The third kappa shape index (κ3) is 11.0. The first-order chi connectivity index (χ1) is 9.47. The second-order valence-corrected chi connectivity index (χ2v) is 6.64. The number of aliphatic carboxylic acids is 1. The molecular formula is C14H27NO4S. The molecule has 0 radical (unpaired) electrons. The van der Waals surface area contributed by atoms with Crippen LogP contribution in [0.25, 0.3) is 0 Å². The standard InChI is InChI=1S/C14H27NO4S/c1-3-4-5-6-7-8-9-10-20(19)11-13(14(17)18)15-12(2)16/h13H,3-11H2,1-2H3,(H,15,16)(H,17,18). The van der Waals surface area contributed by atoms with Crippen molar-refractivity contribution in [2.75, 3.05) is 11.5 Å². The molecule has 0 aromatic rings. The molecule has 6 heteroatoms. The molecule has 0 heterocycles. The number of carboxylic acids is 1. The van der Waals surface area contributed by atoms with E-state index in [-0.39, 0.29) is 5.75 Å². The molecule has 0 aromatic carbocycles. The van der Waals surface area contributed by atoms with Gasteiger partial charge in [-0.2, -0.15) is 0 Å². The van der Waals surface area contributed by atoms with Gasteiger partial charge in [0.2, 0.25) is 5.91 Å². The van der Waals surface area contributed by atoms with Crippen molar-refractivity contribution in [1.29, 1.82) is 0 Å². The summed E-state index contributed by atoms with van der Waals surface area (Å²) in [5, 5.41) is 11.2. The first-order valence-electron chi connectivity index (χ1n) is 7.32. The minimum atomic E-state index is -1.19. The Morgan fingerprint density at radius 2 is 1.65 bits per heavy atom. The number of carboxylic acid groups (broad SMARTS) is 1. The molecule has 2 unspecified atom stereocenters. The highest BCUT2D eigenvalue weighted by Crippen LogP contribution is 2.07. The quantitative estimate of drug-likeness (QED) is 0.541. The predicted molar refractivity (Wildman–Crippen MR) is 81.1 cm³/mol. The molecule has 0 saturated carbocycles. The molecule has 0 aliphatic rings. The van der Waals surface area contributed by atoms with E-state index in [4.69, 9.17) is 5.11 Å². The number of carbonyl (C=O) groups is 2. The predicted octanol–water partition coefficient (Wildman–Crippen LogP) is 2.07. The Morgan fingerprint density at radius 3 is 2.15 bits per heavy atom. The minimum Gasteiger partial charge on any atom is -0.480 e. The largest absolute Gasteiger partial charge is 0.480 e. The van der Waals surface area contributed by atoms with Crippen LogP contribution in [0.15, 0.2) is 0 Å². The highest BCUT2D eigenvalue weighted by Gasteiger charge is 2.20. The summed E-state index contributed by atoms with van der Waals surface area (Å²) in [5.74, 6) is -1.04. The van der Waals surface area contributed by atoms with Gasteiger partial charge in [-0.3, -0.25) is 9.00 Å². The molecule has 20 heavy (non-hydrogen) atoms. The Morgan fingerprint density at radius 1 is 1.10 bits per heavy atom. The van der Waals surface area contributed by atoms with E-state index in [1.165, 1.54) is 32.6 Å². The van der Waals surface area contributed by atoms with Crippen molar-refractivity contribution >= 4 is 22.7 Å². The fraction of sp³-hybridized carbons (Fsp3) is 0.857. The van der Waals surface area contributed by atoms with Crippen molar-refractivity contribution in [1.82, 2.24) is 5.32 Å². The molecule has 0 bridgehead atoms. The van der Waals surface area contributed by atoms with Gasteiger partial charge in [-0.1, -0.05) is 45.4 Å². The topological polar surface area (TPSA) is 83.5 Å². The zero-order valence-corrected chi connectivity index (χ0v) is 13.3. The van der Waals surface area contributed by atoms with E-state index >= 15 is 0 Å². The van der Waals surface area contributed by atoms with Crippen LogP contribution in [-0.4, -0.2) is 38.7 Å². The SMILES string of the molecule is CCCCCCCCCS(=O)CC(NC(C)=O)C(=O)O. The lowest BCUT2D eigenvalue weighted by molar-refractivity contribution is -0.140. The molecule has 0 aliphatic carbocycles. The van der Waals surface area contributed by atoms with E-state index in [1.807, 2.05) is 0 Å². The average Bonchev–Trinajstić information content (AvgIpc) is 2.36. The molecule has 2 N–H and O–H groups in total. The van der Waals surface area contributed by atoms with Crippen LogP contribution in [-0.2, 0) is 20.4 Å². The van der Waals surface area contributed by atoms with Gasteiger partial charge in [-0.15, -0.1) is 0 Å². The summed E-state index contributed by atoms with van der Waals surface area (Å²) in [6, 6.07) is -1.04. The summed E-state index contributed by atoms with van der Waals surface area (Å²) in [6.45, 7) is 3.44. The van der Waals surface area contributed by atoms with Crippen LogP contribution in [0.5, 0.6) is 0 Å². The van der Waals surface area contributed by atoms with E-state index in [0.717, 1.165) is 19.3 Å².